The molecule has 0 aliphatic carbocycles. The van der Waals surface area contributed by atoms with E-state index in [0.717, 1.165) is 27.3 Å². The van der Waals surface area contributed by atoms with Gasteiger partial charge in [-0.05, 0) is 23.8 Å². The third-order valence-electron chi connectivity index (χ3n) is 4.13. The highest BCUT2D eigenvalue weighted by atomic mass is 32.1. The van der Waals surface area contributed by atoms with Crippen LogP contribution in [0.5, 0.6) is 0 Å². The van der Waals surface area contributed by atoms with E-state index in [1.54, 1.807) is 18.6 Å². The van der Waals surface area contributed by atoms with E-state index in [1.165, 1.54) is 11.3 Å². The molecular weight excluding hydrogens is 364 g/mol. The highest BCUT2D eigenvalue weighted by Crippen LogP contribution is 2.30. The van der Waals surface area contributed by atoms with Gasteiger partial charge in [-0.2, -0.15) is 0 Å². The Bertz CT molecular complexity index is 1150. The Kier molecular flexibility index (Phi) is 4.60. The highest BCUT2D eigenvalue weighted by Gasteiger charge is 2.16. The number of furan rings is 1. The summed E-state index contributed by atoms with van der Waals surface area (Å²) >= 11 is 1.18. The standard InChI is InChI=1S/C20H16N2O4S/c1-2-25-19(24)15-11-27-20(21-15)22-17(23)9-13-10-26-16-8-7-12-5-3-4-6-14(12)18(13)16/h3-8,10-11H,2,9H2,1H3,(H,21,22,23). The SMILES string of the molecule is CCOC(=O)c1csc(NC(=O)Cc2coc3ccc4ccccc4c23)n1. The molecule has 7 heteroatoms. The smallest absolute Gasteiger partial charge is 0.357 e. The zero-order valence-electron chi connectivity index (χ0n) is 14.5. The number of rotatable bonds is 5. The number of fused-ring (bicyclic) bond motifs is 3. The van der Waals surface area contributed by atoms with Crippen molar-refractivity contribution in [3.8, 4) is 0 Å². The van der Waals surface area contributed by atoms with Crippen LogP contribution >= 0.6 is 11.3 Å². The second kappa shape index (κ2) is 7.20. The zero-order chi connectivity index (χ0) is 18.8. The van der Waals surface area contributed by atoms with Crippen molar-refractivity contribution in [3.63, 3.8) is 0 Å². The Balaban J connectivity index is 1.55. The molecule has 0 radical (unpaired) electrons. The van der Waals surface area contributed by atoms with Crippen LogP contribution in [0, 0.1) is 0 Å². The van der Waals surface area contributed by atoms with Crippen molar-refractivity contribution < 1.29 is 18.7 Å². The van der Waals surface area contributed by atoms with Gasteiger partial charge in [0.05, 0.1) is 19.3 Å². The van der Waals surface area contributed by atoms with Gasteiger partial charge in [-0.25, -0.2) is 9.78 Å². The highest BCUT2D eigenvalue weighted by molar-refractivity contribution is 7.14. The molecule has 6 nitrogen and oxygen atoms in total. The first-order chi connectivity index (χ1) is 13.2. The van der Waals surface area contributed by atoms with Gasteiger partial charge >= 0.3 is 5.97 Å². The molecule has 4 aromatic rings. The van der Waals surface area contributed by atoms with Crippen molar-refractivity contribution in [2.75, 3.05) is 11.9 Å². The van der Waals surface area contributed by atoms with Crippen molar-refractivity contribution in [1.82, 2.24) is 4.98 Å². The maximum Gasteiger partial charge on any atom is 0.357 e. The number of ether oxygens (including phenoxy) is 1. The van der Waals surface area contributed by atoms with Crippen LogP contribution in [0.15, 0.2) is 52.5 Å². The summed E-state index contributed by atoms with van der Waals surface area (Å²) in [5.41, 5.74) is 1.74. The molecule has 0 aliphatic rings. The van der Waals surface area contributed by atoms with E-state index in [1.807, 2.05) is 36.4 Å². The van der Waals surface area contributed by atoms with Gasteiger partial charge in [-0.3, -0.25) is 4.79 Å². The molecule has 2 aromatic heterocycles. The van der Waals surface area contributed by atoms with E-state index >= 15 is 0 Å². The first kappa shape index (κ1) is 17.2. The third-order valence-corrected chi connectivity index (χ3v) is 4.88. The number of nitrogens with zero attached hydrogens (tertiary/aromatic N) is 1. The van der Waals surface area contributed by atoms with E-state index in [0.29, 0.717) is 5.13 Å². The first-order valence-corrected chi connectivity index (χ1v) is 9.34. The lowest BCUT2D eigenvalue weighted by Gasteiger charge is -2.03. The van der Waals surface area contributed by atoms with Crippen molar-refractivity contribution >= 4 is 50.1 Å². The van der Waals surface area contributed by atoms with Crippen LogP contribution in [0.4, 0.5) is 5.13 Å². The Morgan fingerprint density at radius 2 is 2.07 bits per heavy atom. The van der Waals surface area contributed by atoms with Gasteiger partial charge in [0.2, 0.25) is 5.91 Å². The predicted molar refractivity (Wildman–Crippen MR) is 104 cm³/mol. The first-order valence-electron chi connectivity index (χ1n) is 8.46. The number of hydrogen-bond donors (Lipinski definition) is 1. The van der Waals surface area contributed by atoms with Gasteiger partial charge < -0.3 is 14.5 Å². The van der Waals surface area contributed by atoms with Gasteiger partial charge in [0, 0.05) is 16.3 Å². The normalized spacial score (nSPS) is 11.0. The summed E-state index contributed by atoms with van der Waals surface area (Å²) in [4.78, 5) is 28.2. The molecule has 27 heavy (non-hydrogen) atoms. The number of benzene rings is 2. The van der Waals surface area contributed by atoms with Crippen LogP contribution in [-0.4, -0.2) is 23.5 Å². The molecule has 0 saturated carbocycles. The van der Waals surface area contributed by atoms with E-state index in [9.17, 15) is 9.59 Å². The lowest BCUT2D eigenvalue weighted by molar-refractivity contribution is -0.115. The van der Waals surface area contributed by atoms with Crippen LogP contribution in [0.2, 0.25) is 0 Å². The molecule has 0 unspecified atom stereocenters. The summed E-state index contributed by atoms with van der Waals surface area (Å²) in [6, 6.07) is 11.9. The number of carbonyl (C=O) groups excluding carboxylic acids is 2. The van der Waals surface area contributed by atoms with Crippen molar-refractivity contribution in [1.29, 1.82) is 0 Å². The maximum absolute atomic E-state index is 12.5. The lowest BCUT2D eigenvalue weighted by Crippen LogP contribution is -2.14. The maximum atomic E-state index is 12.5. The number of amides is 1. The monoisotopic (exact) mass is 380 g/mol. The van der Waals surface area contributed by atoms with E-state index in [4.69, 9.17) is 9.15 Å². The largest absolute Gasteiger partial charge is 0.464 e. The van der Waals surface area contributed by atoms with Crippen molar-refractivity contribution in [2.45, 2.75) is 13.3 Å². The fourth-order valence-corrected chi connectivity index (χ4v) is 3.67. The molecule has 0 saturated heterocycles. The predicted octanol–water partition coefficient (Wildman–Crippen LogP) is 4.40. The van der Waals surface area contributed by atoms with Crippen LogP contribution < -0.4 is 5.32 Å². The summed E-state index contributed by atoms with van der Waals surface area (Å²) in [7, 11) is 0. The molecule has 0 fully saturated rings. The van der Waals surface area contributed by atoms with Crippen molar-refractivity contribution in [3.05, 3.63) is 59.3 Å². The summed E-state index contributed by atoms with van der Waals surface area (Å²) in [6.45, 7) is 2.01. The molecule has 1 N–H and O–H groups in total. The number of thiazole rings is 1. The molecule has 0 aliphatic heterocycles. The fraction of sp³-hybridized carbons (Fsp3) is 0.150. The minimum atomic E-state index is -0.499. The number of carbonyl (C=O) groups is 2. The molecule has 4 rings (SSSR count). The topological polar surface area (TPSA) is 81.4 Å². The number of esters is 1. The average Bonchev–Trinajstić information content (AvgIpc) is 3.29. The van der Waals surface area contributed by atoms with E-state index in [2.05, 4.69) is 10.3 Å². The fourth-order valence-electron chi connectivity index (χ4n) is 2.97. The minimum Gasteiger partial charge on any atom is -0.464 e. The van der Waals surface area contributed by atoms with Gasteiger partial charge in [0.15, 0.2) is 10.8 Å². The zero-order valence-corrected chi connectivity index (χ0v) is 15.3. The number of nitrogens with one attached hydrogen (secondary N) is 1. The molecule has 1 amide bonds. The Morgan fingerprint density at radius 3 is 2.93 bits per heavy atom. The number of anilines is 1. The van der Waals surface area contributed by atoms with Crippen LogP contribution in [0.3, 0.4) is 0 Å². The van der Waals surface area contributed by atoms with Crippen LogP contribution in [-0.2, 0) is 16.0 Å². The number of hydrogen-bond acceptors (Lipinski definition) is 6. The third kappa shape index (κ3) is 3.41. The molecule has 0 bridgehead atoms. The van der Waals surface area contributed by atoms with Gasteiger partial charge in [0.25, 0.3) is 0 Å². The molecular formula is C20H16N2O4S. The lowest BCUT2D eigenvalue weighted by atomic mass is 10.0. The van der Waals surface area contributed by atoms with Crippen LogP contribution in [0.25, 0.3) is 21.7 Å². The molecule has 2 heterocycles. The average molecular weight is 380 g/mol. The Labute approximate surface area is 158 Å². The van der Waals surface area contributed by atoms with Gasteiger partial charge in [-0.1, -0.05) is 30.3 Å². The van der Waals surface area contributed by atoms with Crippen LogP contribution in [0.1, 0.15) is 23.0 Å². The second-order valence-corrected chi connectivity index (χ2v) is 6.76. The summed E-state index contributed by atoms with van der Waals surface area (Å²) in [6.07, 6.45) is 1.76. The van der Waals surface area contributed by atoms with Gasteiger partial charge in [-0.15, -0.1) is 11.3 Å². The molecule has 136 valence electrons. The summed E-state index contributed by atoms with van der Waals surface area (Å²) in [5.74, 6) is -0.725. The van der Waals surface area contributed by atoms with Gasteiger partial charge in [0.1, 0.15) is 5.58 Å². The molecule has 2 aromatic carbocycles. The molecule has 0 spiro atoms. The Hall–Kier alpha value is -3.19. The quantitative estimate of drug-likeness (QED) is 0.519. The molecule has 0 atom stereocenters. The van der Waals surface area contributed by atoms with E-state index < -0.39 is 5.97 Å². The van der Waals surface area contributed by atoms with E-state index in [-0.39, 0.29) is 24.6 Å². The summed E-state index contributed by atoms with van der Waals surface area (Å²) in [5, 5.41) is 7.73. The Morgan fingerprint density at radius 1 is 1.22 bits per heavy atom. The summed E-state index contributed by atoms with van der Waals surface area (Å²) < 4.78 is 10.5. The minimum absolute atomic E-state index is 0.148. The van der Waals surface area contributed by atoms with Crippen molar-refractivity contribution in [2.24, 2.45) is 0 Å². The second-order valence-electron chi connectivity index (χ2n) is 5.90. The number of aromatic nitrogens is 1.